The fraction of sp³-hybridized carbons (Fsp3) is 0.429. The zero-order valence-electron chi connectivity index (χ0n) is 7.85. The first-order valence-corrected chi connectivity index (χ1v) is 4.92. The maximum absolute atomic E-state index is 5.69. The fourth-order valence-corrected chi connectivity index (χ4v) is 1.54. The molecule has 0 aliphatic heterocycles. The summed E-state index contributed by atoms with van der Waals surface area (Å²) in [6.45, 7) is 4.01. The van der Waals surface area contributed by atoms with Crippen LogP contribution in [0.2, 0.25) is 0 Å². The molecule has 0 atom stereocenters. The van der Waals surface area contributed by atoms with Crippen LogP contribution in [0.4, 0.5) is 11.8 Å². The monoisotopic (exact) mass is 210 g/mol. The number of nitrogens with two attached hydrogens (primary N) is 1. The topological polar surface area (TPSA) is 89.6 Å². The number of rotatable bonds is 2. The Hall–Kier alpha value is -1.50. The predicted molar refractivity (Wildman–Crippen MR) is 56.2 cm³/mol. The standard InChI is InChI=1S/C7H10N6S/c1-3(2)9-7-10-5(8)4-6(11-7)13-14-12-4/h3H,1-2H3,(H3,8,9,10,11,13). The molecule has 0 aliphatic carbocycles. The van der Waals surface area contributed by atoms with Gasteiger partial charge in [0.25, 0.3) is 0 Å². The molecule has 2 aromatic rings. The van der Waals surface area contributed by atoms with Gasteiger partial charge in [0, 0.05) is 6.04 Å². The number of fused-ring (bicyclic) bond motifs is 1. The maximum atomic E-state index is 5.69. The molecule has 2 aromatic heterocycles. The molecule has 0 amide bonds. The minimum Gasteiger partial charge on any atom is -0.382 e. The first-order valence-electron chi connectivity index (χ1n) is 4.19. The molecule has 14 heavy (non-hydrogen) atoms. The van der Waals surface area contributed by atoms with Gasteiger partial charge in [-0.1, -0.05) is 0 Å². The summed E-state index contributed by atoms with van der Waals surface area (Å²) in [6.07, 6.45) is 0. The molecule has 0 bridgehead atoms. The Labute approximate surface area is 84.9 Å². The zero-order chi connectivity index (χ0) is 10.1. The molecule has 74 valence electrons. The van der Waals surface area contributed by atoms with Crippen molar-refractivity contribution in [2.24, 2.45) is 0 Å². The Morgan fingerprint density at radius 3 is 2.79 bits per heavy atom. The molecule has 0 fully saturated rings. The van der Waals surface area contributed by atoms with Crippen molar-refractivity contribution in [1.29, 1.82) is 0 Å². The molecule has 0 saturated carbocycles. The van der Waals surface area contributed by atoms with Crippen LogP contribution in [0.25, 0.3) is 11.2 Å². The van der Waals surface area contributed by atoms with Crippen LogP contribution in [0.3, 0.4) is 0 Å². The van der Waals surface area contributed by atoms with Crippen LogP contribution < -0.4 is 11.1 Å². The zero-order valence-corrected chi connectivity index (χ0v) is 8.67. The van der Waals surface area contributed by atoms with Gasteiger partial charge >= 0.3 is 0 Å². The first-order chi connectivity index (χ1) is 6.66. The normalized spacial score (nSPS) is 11.1. The highest BCUT2D eigenvalue weighted by Gasteiger charge is 2.08. The number of nitrogens with one attached hydrogen (secondary N) is 1. The molecule has 7 heteroatoms. The third-order valence-corrected chi connectivity index (χ3v) is 2.09. The average Bonchev–Trinajstić information content (AvgIpc) is 2.50. The van der Waals surface area contributed by atoms with Gasteiger partial charge in [-0.25, -0.2) is 0 Å². The SMILES string of the molecule is CC(C)Nc1nc(N)c2nsnc2n1. The van der Waals surface area contributed by atoms with E-state index >= 15 is 0 Å². The van der Waals surface area contributed by atoms with Gasteiger partial charge in [0.15, 0.2) is 11.3 Å². The van der Waals surface area contributed by atoms with E-state index in [1.807, 2.05) is 13.8 Å². The van der Waals surface area contributed by atoms with Crippen LogP contribution in [0, 0.1) is 0 Å². The molecular formula is C7H10N6S. The molecule has 0 aromatic carbocycles. The molecule has 0 saturated heterocycles. The molecule has 0 radical (unpaired) electrons. The van der Waals surface area contributed by atoms with Crippen LogP contribution in [0.1, 0.15) is 13.8 Å². The Morgan fingerprint density at radius 2 is 2.07 bits per heavy atom. The molecule has 0 unspecified atom stereocenters. The van der Waals surface area contributed by atoms with E-state index in [-0.39, 0.29) is 6.04 Å². The van der Waals surface area contributed by atoms with E-state index in [9.17, 15) is 0 Å². The Balaban J connectivity index is 2.47. The van der Waals surface area contributed by atoms with Crippen molar-refractivity contribution in [3.63, 3.8) is 0 Å². The fourth-order valence-electron chi connectivity index (χ4n) is 1.03. The highest BCUT2D eigenvalue weighted by Crippen LogP contribution is 2.16. The van der Waals surface area contributed by atoms with Gasteiger partial charge in [-0.15, -0.1) is 0 Å². The van der Waals surface area contributed by atoms with E-state index < -0.39 is 0 Å². The maximum Gasteiger partial charge on any atom is 0.227 e. The van der Waals surface area contributed by atoms with Crippen molar-refractivity contribution < 1.29 is 0 Å². The van der Waals surface area contributed by atoms with Gasteiger partial charge in [0.05, 0.1) is 11.7 Å². The van der Waals surface area contributed by atoms with Crippen molar-refractivity contribution in [3.05, 3.63) is 0 Å². The molecule has 0 aliphatic rings. The summed E-state index contributed by atoms with van der Waals surface area (Å²) in [7, 11) is 0. The van der Waals surface area contributed by atoms with Gasteiger partial charge in [0.1, 0.15) is 0 Å². The third kappa shape index (κ3) is 1.58. The summed E-state index contributed by atoms with van der Waals surface area (Å²) in [4.78, 5) is 8.24. The minimum absolute atomic E-state index is 0.262. The number of nitrogens with zero attached hydrogens (tertiary/aromatic N) is 4. The molecule has 3 N–H and O–H groups in total. The lowest BCUT2D eigenvalue weighted by Gasteiger charge is -2.07. The second-order valence-electron chi connectivity index (χ2n) is 3.17. The summed E-state index contributed by atoms with van der Waals surface area (Å²) in [6, 6.07) is 0.262. The van der Waals surface area contributed by atoms with Crippen molar-refractivity contribution in [1.82, 2.24) is 18.7 Å². The van der Waals surface area contributed by atoms with E-state index in [1.54, 1.807) is 0 Å². The number of nitrogen functional groups attached to an aromatic ring is 1. The van der Waals surface area contributed by atoms with Gasteiger partial charge in [-0.2, -0.15) is 18.7 Å². The molecule has 2 rings (SSSR count). The van der Waals surface area contributed by atoms with Crippen molar-refractivity contribution in [3.8, 4) is 0 Å². The summed E-state index contributed by atoms with van der Waals surface area (Å²) in [5.41, 5.74) is 6.81. The van der Waals surface area contributed by atoms with Gasteiger partial charge < -0.3 is 11.1 Å². The van der Waals surface area contributed by atoms with Gasteiger partial charge in [0.2, 0.25) is 11.6 Å². The third-order valence-electron chi connectivity index (χ3n) is 1.57. The summed E-state index contributed by atoms with van der Waals surface area (Å²) < 4.78 is 8.00. The summed E-state index contributed by atoms with van der Waals surface area (Å²) in [5.74, 6) is 0.865. The van der Waals surface area contributed by atoms with E-state index in [2.05, 4.69) is 24.0 Å². The lowest BCUT2D eigenvalue weighted by atomic mass is 10.4. The van der Waals surface area contributed by atoms with E-state index in [0.29, 0.717) is 22.9 Å². The largest absolute Gasteiger partial charge is 0.382 e. The van der Waals surface area contributed by atoms with Crippen LogP contribution in [-0.4, -0.2) is 24.8 Å². The Morgan fingerprint density at radius 1 is 1.29 bits per heavy atom. The summed E-state index contributed by atoms with van der Waals surface area (Å²) in [5, 5.41) is 3.06. The predicted octanol–water partition coefficient (Wildman–Crippen LogP) is 0.884. The molecule has 6 nitrogen and oxygen atoms in total. The quantitative estimate of drug-likeness (QED) is 0.765. The Bertz CT molecular complexity index is 450. The highest BCUT2D eigenvalue weighted by atomic mass is 32.1. The lowest BCUT2D eigenvalue weighted by Crippen LogP contribution is -2.13. The van der Waals surface area contributed by atoms with Crippen LogP contribution in [0.5, 0.6) is 0 Å². The summed E-state index contributed by atoms with van der Waals surface area (Å²) >= 11 is 1.08. The highest BCUT2D eigenvalue weighted by molar-refractivity contribution is 7.00. The van der Waals surface area contributed by atoms with E-state index in [4.69, 9.17) is 5.73 Å². The second-order valence-corrected chi connectivity index (χ2v) is 3.70. The van der Waals surface area contributed by atoms with Crippen molar-refractivity contribution >= 4 is 34.7 Å². The molecule has 2 heterocycles. The van der Waals surface area contributed by atoms with E-state index in [1.165, 1.54) is 0 Å². The van der Waals surface area contributed by atoms with Crippen molar-refractivity contribution in [2.75, 3.05) is 11.1 Å². The smallest absolute Gasteiger partial charge is 0.227 e. The Kier molecular flexibility index (Phi) is 2.16. The van der Waals surface area contributed by atoms with Gasteiger partial charge in [-0.05, 0) is 13.8 Å². The van der Waals surface area contributed by atoms with E-state index in [0.717, 1.165) is 11.7 Å². The number of anilines is 2. The number of hydrogen-bond donors (Lipinski definition) is 2. The lowest BCUT2D eigenvalue weighted by molar-refractivity contribution is 0.878. The van der Waals surface area contributed by atoms with Crippen LogP contribution in [-0.2, 0) is 0 Å². The first kappa shape index (κ1) is 9.07. The minimum atomic E-state index is 0.262. The van der Waals surface area contributed by atoms with Crippen LogP contribution >= 0.6 is 11.7 Å². The number of hydrogen-bond acceptors (Lipinski definition) is 7. The van der Waals surface area contributed by atoms with Crippen molar-refractivity contribution in [2.45, 2.75) is 19.9 Å². The molecular weight excluding hydrogens is 200 g/mol. The van der Waals surface area contributed by atoms with Crippen LogP contribution in [0.15, 0.2) is 0 Å². The molecule has 0 spiro atoms. The average molecular weight is 210 g/mol. The second kappa shape index (κ2) is 3.33. The van der Waals surface area contributed by atoms with Gasteiger partial charge in [-0.3, -0.25) is 0 Å². The number of aromatic nitrogens is 4.